The largest absolute Gasteiger partial charge is 0.467 e. The summed E-state index contributed by atoms with van der Waals surface area (Å²) in [6, 6.07) is 13.8. The summed E-state index contributed by atoms with van der Waals surface area (Å²) in [7, 11) is 1.29. The van der Waals surface area contributed by atoms with Gasteiger partial charge >= 0.3 is 5.97 Å². The molecule has 160 valence electrons. The van der Waals surface area contributed by atoms with E-state index in [-0.39, 0.29) is 31.2 Å². The number of benzene rings is 2. The molecule has 2 heterocycles. The van der Waals surface area contributed by atoms with E-state index in [4.69, 9.17) is 16.3 Å². The number of aromatic amines is 1. The van der Waals surface area contributed by atoms with E-state index in [1.807, 2.05) is 30.5 Å². The van der Waals surface area contributed by atoms with Gasteiger partial charge in [-0.25, -0.2) is 4.79 Å². The molecule has 7 nitrogen and oxygen atoms in total. The van der Waals surface area contributed by atoms with Crippen molar-refractivity contribution in [1.82, 2.24) is 10.3 Å². The predicted molar refractivity (Wildman–Crippen MR) is 118 cm³/mol. The number of carbonyl (C=O) groups is 3. The molecule has 31 heavy (non-hydrogen) atoms. The molecule has 2 N–H and O–H groups in total. The normalized spacial score (nSPS) is 17.0. The maximum absolute atomic E-state index is 12.9. The number of nitrogens with one attached hydrogen (secondary N) is 2. The fraction of sp³-hybridized carbons (Fsp3) is 0.261. The zero-order chi connectivity index (χ0) is 22.0. The van der Waals surface area contributed by atoms with Crippen molar-refractivity contribution >= 4 is 46.0 Å². The Morgan fingerprint density at radius 2 is 1.97 bits per heavy atom. The van der Waals surface area contributed by atoms with Gasteiger partial charge in [-0.15, -0.1) is 0 Å². The molecular formula is C23H22ClN3O4. The highest BCUT2D eigenvalue weighted by Gasteiger charge is 2.37. The van der Waals surface area contributed by atoms with Crippen molar-refractivity contribution in [2.75, 3.05) is 18.6 Å². The number of halogens is 1. The Hall–Kier alpha value is -3.32. The number of amides is 2. The lowest BCUT2D eigenvalue weighted by Gasteiger charge is -2.19. The first-order chi connectivity index (χ1) is 15.0. The molecule has 0 spiro atoms. The van der Waals surface area contributed by atoms with Gasteiger partial charge in [-0.1, -0.05) is 29.8 Å². The molecule has 3 aromatic rings. The van der Waals surface area contributed by atoms with E-state index in [1.54, 1.807) is 29.2 Å². The van der Waals surface area contributed by atoms with Crippen molar-refractivity contribution < 1.29 is 19.1 Å². The highest BCUT2D eigenvalue weighted by Crippen LogP contribution is 2.27. The van der Waals surface area contributed by atoms with Crippen LogP contribution >= 0.6 is 11.6 Å². The third kappa shape index (κ3) is 4.41. The zero-order valence-corrected chi connectivity index (χ0v) is 17.7. The molecule has 2 aromatic carbocycles. The van der Waals surface area contributed by atoms with Gasteiger partial charge in [-0.3, -0.25) is 9.59 Å². The molecule has 2 amide bonds. The number of esters is 1. The van der Waals surface area contributed by atoms with Crippen LogP contribution in [-0.2, 0) is 25.5 Å². The van der Waals surface area contributed by atoms with Crippen molar-refractivity contribution in [3.05, 3.63) is 65.3 Å². The number of methoxy groups -OCH3 is 1. The van der Waals surface area contributed by atoms with Crippen LogP contribution in [0.4, 0.5) is 5.69 Å². The van der Waals surface area contributed by atoms with Gasteiger partial charge in [0, 0.05) is 47.2 Å². The van der Waals surface area contributed by atoms with Crippen molar-refractivity contribution in [2.24, 2.45) is 5.92 Å². The summed E-state index contributed by atoms with van der Waals surface area (Å²) >= 11 is 5.92. The lowest BCUT2D eigenvalue weighted by molar-refractivity contribution is -0.145. The van der Waals surface area contributed by atoms with Crippen molar-refractivity contribution in [3.8, 4) is 0 Å². The predicted octanol–water partition coefficient (Wildman–Crippen LogP) is 3.07. The number of ether oxygens (including phenoxy) is 1. The smallest absolute Gasteiger partial charge is 0.328 e. The van der Waals surface area contributed by atoms with Gasteiger partial charge < -0.3 is 19.9 Å². The van der Waals surface area contributed by atoms with Gasteiger partial charge in [-0.05, 0) is 35.9 Å². The Kier molecular flexibility index (Phi) is 5.95. The summed E-state index contributed by atoms with van der Waals surface area (Å²) in [4.78, 5) is 42.5. The van der Waals surface area contributed by atoms with Crippen molar-refractivity contribution in [3.63, 3.8) is 0 Å². The molecule has 0 bridgehead atoms. The molecule has 8 heteroatoms. The van der Waals surface area contributed by atoms with Gasteiger partial charge in [0.25, 0.3) is 0 Å². The van der Waals surface area contributed by atoms with E-state index in [1.165, 1.54) is 7.11 Å². The van der Waals surface area contributed by atoms with Gasteiger partial charge in [0.2, 0.25) is 11.8 Å². The summed E-state index contributed by atoms with van der Waals surface area (Å²) in [6.45, 7) is 0.243. The van der Waals surface area contributed by atoms with E-state index >= 15 is 0 Å². The van der Waals surface area contributed by atoms with Crippen LogP contribution in [0.2, 0.25) is 5.02 Å². The van der Waals surface area contributed by atoms with Gasteiger partial charge in [-0.2, -0.15) is 0 Å². The molecule has 4 rings (SSSR count). The molecule has 1 saturated heterocycles. The maximum atomic E-state index is 12.9. The minimum atomic E-state index is -0.851. The highest BCUT2D eigenvalue weighted by atomic mass is 35.5. The summed E-state index contributed by atoms with van der Waals surface area (Å²) in [5.41, 5.74) is 2.54. The fourth-order valence-corrected chi connectivity index (χ4v) is 4.03. The number of nitrogens with zero attached hydrogens (tertiary/aromatic N) is 1. The first-order valence-corrected chi connectivity index (χ1v) is 10.3. The topological polar surface area (TPSA) is 91.5 Å². The molecule has 0 unspecified atom stereocenters. The van der Waals surface area contributed by atoms with Crippen LogP contribution < -0.4 is 10.2 Å². The number of para-hydroxylation sites is 1. The Morgan fingerprint density at radius 1 is 1.23 bits per heavy atom. The number of carbonyl (C=O) groups excluding carboxylic acids is 3. The number of fused-ring (bicyclic) bond motifs is 1. The summed E-state index contributed by atoms with van der Waals surface area (Å²) in [5.74, 6) is -1.58. The molecule has 0 radical (unpaired) electrons. The van der Waals surface area contributed by atoms with E-state index in [9.17, 15) is 14.4 Å². The van der Waals surface area contributed by atoms with Crippen LogP contribution in [0.1, 0.15) is 12.0 Å². The molecule has 1 aliphatic heterocycles. The van der Waals surface area contributed by atoms with Gasteiger partial charge in [0.05, 0.1) is 13.0 Å². The number of H-pyrrole nitrogens is 1. The van der Waals surface area contributed by atoms with Crippen LogP contribution in [0, 0.1) is 5.92 Å². The Labute approximate surface area is 184 Å². The van der Waals surface area contributed by atoms with Gasteiger partial charge in [0.1, 0.15) is 6.04 Å². The summed E-state index contributed by atoms with van der Waals surface area (Å²) in [6.07, 6.45) is 2.19. The van der Waals surface area contributed by atoms with E-state index in [2.05, 4.69) is 10.3 Å². The zero-order valence-electron chi connectivity index (χ0n) is 16.9. The second kappa shape index (κ2) is 8.81. The minimum Gasteiger partial charge on any atom is -0.467 e. The molecule has 1 aromatic heterocycles. The lowest BCUT2D eigenvalue weighted by Crippen LogP contribution is -2.46. The number of aromatic nitrogens is 1. The van der Waals surface area contributed by atoms with Crippen LogP contribution in [0.5, 0.6) is 0 Å². The van der Waals surface area contributed by atoms with Crippen molar-refractivity contribution in [1.29, 1.82) is 0 Å². The van der Waals surface area contributed by atoms with Crippen LogP contribution in [-0.4, -0.2) is 42.5 Å². The monoisotopic (exact) mass is 439 g/mol. The molecule has 0 aliphatic carbocycles. The van der Waals surface area contributed by atoms with Gasteiger partial charge in [0.15, 0.2) is 0 Å². The minimum absolute atomic E-state index is 0.0788. The summed E-state index contributed by atoms with van der Waals surface area (Å²) < 4.78 is 4.91. The third-order valence-electron chi connectivity index (χ3n) is 5.54. The Bertz CT molecular complexity index is 1130. The van der Waals surface area contributed by atoms with Crippen LogP contribution in [0.3, 0.4) is 0 Å². The van der Waals surface area contributed by atoms with E-state index < -0.39 is 17.9 Å². The van der Waals surface area contributed by atoms with Crippen molar-refractivity contribution in [2.45, 2.75) is 18.9 Å². The maximum Gasteiger partial charge on any atom is 0.328 e. The van der Waals surface area contributed by atoms with E-state index in [0.29, 0.717) is 10.7 Å². The van der Waals surface area contributed by atoms with Crippen LogP contribution in [0.25, 0.3) is 10.9 Å². The molecule has 1 fully saturated rings. The van der Waals surface area contributed by atoms with Crippen LogP contribution in [0.15, 0.2) is 54.7 Å². The summed E-state index contributed by atoms with van der Waals surface area (Å²) in [5, 5.41) is 4.34. The standard InChI is InChI=1S/C23H22ClN3O4/c1-31-23(30)20(10-14-12-25-19-5-3-2-4-18(14)19)26-22(29)15-11-21(28)27(13-15)17-8-6-16(24)7-9-17/h2-9,12,15,20,25H,10-11,13H2,1H3,(H,26,29)/t15-,20-/m1/s1. The second-order valence-electron chi connectivity index (χ2n) is 7.53. The third-order valence-corrected chi connectivity index (χ3v) is 5.79. The highest BCUT2D eigenvalue weighted by molar-refractivity contribution is 6.30. The molecule has 0 saturated carbocycles. The SMILES string of the molecule is COC(=O)[C@@H](Cc1c[nH]c2ccccc12)NC(=O)[C@@H]1CC(=O)N(c2ccc(Cl)cc2)C1. The molecular weight excluding hydrogens is 418 g/mol. The Balaban J connectivity index is 1.47. The van der Waals surface area contributed by atoms with E-state index in [0.717, 1.165) is 16.5 Å². The number of rotatable bonds is 6. The fourth-order valence-electron chi connectivity index (χ4n) is 3.90. The Morgan fingerprint density at radius 3 is 2.71 bits per heavy atom. The average molecular weight is 440 g/mol. The first-order valence-electron chi connectivity index (χ1n) is 9.95. The number of anilines is 1. The average Bonchev–Trinajstić information content (AvgIpc) is 3.37. The lowest BCUT2D eigenvalue weighted by atomic mass is 10.0. The number of hydrogen-bond acceptors (Lipinski definition) is 4. The first kappa shape index (κ1) is 20.9. The number of hydrogen-bond donors (Lipinski definition) is 2. The molecule has 2 atom stereocenters. The quantitative estimate of drug-likeness (QED) is 0.577. The molecule has 1 aliphatic rings. The second-order valence-corrected chi connectivity index (χ2v) is 7.97.